The van der Waals surface area contributed by atoms with E-state index in [2.05, 4.69) is 26.1 Å². The Balaban J connectivity index is 1.52. The zero-order valence-electron chi connectivity index (χ0n) is 17.3. The first-order chi connectivity index (χ1) is 13.2. The lowest BCUT2D eigenvalue weighted by molar-refractivity contribution is -0.144. The van der Waals surface area contributed by atoms with E-state index in [1.54, 1.807) is 0 Å². The van der Waals surface area contributed by atoms with E-state index in [1.165, 1.54) is 0 Å². The summed E-state index contributed by atoms with van der Waals surface area (Å²) in [6.45, 7) is 6.45. The number of hydrogen-bond acceptors (Lipinski definition) is 4. The van der Waals surface area contributed by atoms with Gasteiger partial charge in [0.15, 0.2) is 0 Å². The Kier molecular flexibility index (Phi) is 6.10. The van der Waals surface area contributed by atoms with Crippen molar-refractivity contribution >= 4 is 23.8 Å². The van der Waals surface area contributed by atoms with E-state index < -0.39 is 17.8 Å². The Morgan fingerprint density at radius 2 is 1.61 bits per heavy atom. The van der Waals surface area contributed by atoms with E-state index in [0.29, 0.717) is 11.3 Å². The third kappa shape index (κ3) is 4.08. The summed E-state index contributed by atoms with van der Waals surface area (Å²) in [5, 5.41) is 2.96. The molecular formula is C21H33N3O4. The molecule has 3 aliphatic rings. The standard InChI is InChI=1S/C21H33N3O4/c1-4-21(2,3)14-9-11-15(12-10-14)22-17(25)13-23-18(26)19(27)24(20(23)28)16-7-5-6-8-16/h14-16H,4-13H2,1-3H3,(H,22,25). The molecule has 0 aromatic rings. The van der Waals surface area contributed by atoms with Crippen LogP contribution in [0, 0.1) is 11.3 Å². The molecule has 3 rings (SSSR count). The van der Waals surface area contributed by atoms with Crippen LogP contribution in [-0.2, 0) is 14.4 Å². The zero-order valence-corrected chi connectivity index (χ0v) is 17.3. The lowest BCUT2D eigenvalue weighted by Crippen LogP contribution is -2.46. The molecule has 1 aliphatic heterocycles. The largest absolute Gasteiger partial charge is 0.352 e. The molecule has 1 saturated heterocycles. The molecule has 0 unspecified atom stereocenters. The number of rotatable bonds is 6. The lowest BCUT2D eigenvalue weighted by atomic mass is 9.69. The molecule has 0 bridgehead atoms. The maximum atomic E-state index is 12.6. The second-order valence-electron chi connectivity index (χ2n) is 9.25. The summed E-state index contributed by atoms with van der Waals surface area (Å²) in [4.78, 5) is 51.3. The highest BCUT2D eigenvalue weighted by atomic mass is 16.2. The highest BCUT2D eigenvalue weighted by molar-refractivity contribution is 6.45. The number of carbonyl (C=O) groups excluding carboxylic acids is 4. The molecule has 156 valence electrons. The first-order valence-electron chi connectivity index (χ1n) is 10.7. The fourth-order valence-electron chi connectivity index (χ4n) is 4.87. The molecule has 1 heterocycles. The van der Waals surface area contributed by atoms with Gasteiger partial charge >= 0.3 is 17.8 Å². The summed E-state index contributed by atoms with van der Waals surface area (Å²) in [5.41, 5.74) is 0.313. The van der Waals surface area contributed by atoms with Gasteiger partial charge in [-0.15, -0.1) is 0 Å². The number of hydrogen-bond donors (Lipinski definition) is 1. The molecule has 5 amide bonds. The van der Waals surface area contributed by atoms with Crippen molar-refractivity contribution in [2.24, 2.45) is 11.3 Å². The molecule has 3 fully saturated rings. The smallest absolute Gasteiger partial charge is 0.334 e. The van der Waals surface area contributed by atoms with Crippen molar-refractivity contribution < 1.29 is 19.2 Å². The van der Waals surface area contributed by atoms with Gasteiger partial charge in [0.1, 0.15) is 6.54 Å². The minimum absolute atomic E-state index is 0.0749. The number of nitrogens with one attached hydrogen (secondary N) is 1. The molecule has 0 aromatic carbocycles. The van der Waals surface area contributed by atoms with Crippen molar-refractivity contribution in [1.82, 2.24) is 15.1 Å². The molecule has 7 heteroatoms. The fraction of sp³-hybridized carbons (Fsp3) is 0.810. The Morgan fingerprint density at radius 1 is 1.00 bits per heavy atom. The van der Waals surface area contributed by atoms with Gasteiger partial charge < -0.3 is 5.32 Å². The second kappa shape index (κ2) is 8.21. The Hall–Kier alpha value is -1.92. The van der Waals surface area contributed by atoms with Crippen molar-refractivity contribution in [3.63, 3.8) is 0 Å². The van der Waals surface area contributed by atoms with Crippen molar-refractivity contribution in [2.45, 2.75) is 90.6 Å². The summed E-state index contributed by atoms with van der Waals surface area (Å²) in [6, 6.07) is -0.759. The maximum absolute atomic E-state index is 12.6. The van der Waals surface area contributed by atoms with Gasteiger partial charge in [-0.1, -0.05) is 40.0 Å². The summed E-state index contributed by atoms with van der Waals surface area (Å²) in [7, 11) is 0. The predicted molar refractivity (Wildman–Crippen MR) is 104 cm³/mol. The van der Waals surface area contributed by atoms with Gasteiger partial charge in [0.2, 0.25) is 5.91 Å². The van der Waals surface area contributed by atoms with Crippen molar-refractivity contribution in [3.8, 4) is 0 Å². The normalized spacial score (nSPS) is 27.0. The van der Waals surface area contributed by atoms with Crippen LogP contribution in [0.4, 0.5) is 4.79 Å². The van der Waals surface area contributed by atoms with E-state index in [0.717, 1.165) is 67.6 Å². The van der Waals surface area contributed by atoms with Crippen LogP contribution in [0.5, 0.6) is 0 Å². The summed E-state index contributed by atoms with van der Waals surface area (Å²) in [6.07, 6.45) is 8.48. The summed E-state index contributed by atoms with van der Waals surface area (Å²) in [5.74, 6) is -1.36. The SMILES string of the molecule is CCC(C)(C)C1CCC(NC(=O)CN2C(=O)C(=O)N(C3CCCC3)C2=O)CC1. The molecule has 1 N–H and O–H groups in total. The number of nitrogens with zero attached hydrogens (tertiary/aromatic N) is 2. The number of urea groups is 1. The third-order valence-corrected chi connectivity index (χ3v) is 7.18. The van der Waals surface area contributed by atoms with Crippen LogP contribution in [0.1, 0.15) is 78.6 Å². The number of amides is 5. The minimum atomic E-state index is -0.875. The maximum Gasteiger partial charge on any atom is 0.334 e. The molecule has 0 spiro atoms. The lowest BCUT2D eigenvalue weighted by Gasteiger charge is -2.39. The molecule has 2 aliphatic carbocycles. The quantitative estimate of drug-likeness (QED) is 0.557. The monoisotopic (exact) mass is 391 g/mol. The Morgan fingerprint density at radius 3 is 2.18 bits per heavy atom. The average Bonchev–Trinajstić information content (AvgIpc) is 3.26. The van der Waals surface area contributed by atoms with Crippen LogP contribution in [0.25, 0.3) is 0 Å². The van der Waals surface area contributed by atoms with Crippen LogP contribution in [0.3, 0.4) is 0 Å². The second-order valence-corrected chi connectivity index (χ2v) is 9.25. The zero-order chi connectivity index (χ0) is 20.5. The Labute approximate surface area is 167 Å². The molecule has 0 radical (unpaired) electrons. The molecule has 0 atom stereocenters. The molecule has 28 heavy (non-hydrogen) atoms. The predicted octanol–water partition coefficient (Wildman–Crippen LogP) is 2.83. The first kappa shape index (κ1) is 20.8. The van der Waals surface area contributed by atoms with Crippen LogP contribution >= 0.6 is 0 Å². The highest BCUT2D eigenvalue weighted by Crippen LogP contribution is 2.40. The van der Waals surface area contributed by atoms with E-state index in [-0.39, 0.29) is 24.5 Å². The van der Waals surface area contributed by atoms with Gasteiger partial charge in [-0.05, 0) is 49.9 Å². The Bertz CT molecular complexity index is 646. The minimum Gasteiger partial charge on any atom is -0.352 e. The van der Waals surface area contributed by atoms with Crippen LogP contribution < -0.4 is 5.32 Å². The first-order valence-corrected chi connectivity index (χ1v) is 10.7. The van der Waals surface area contributed by atoms with Crippen molar-refractivity contribution in [2.75, 3.05) is 6.54 Å². The van der Waals surface area contributed by atoms with Crippen molar-refractivity contribution in [3.05, 3.63) is 0 Å². The van der Waals surface area contributed by atoms with E-state index in [9.17, 15) is 19.2 Å². The van der Waals surface area contributed by atoms with Gasteiger partial charge in [0.05, 0.1) is 0 Å². The van der Waals surface area contributed by atoms with Gasteiger partial charge in [0.25, 0.3) is 0 Å². The van der Waals surface area contributed by atoms with E-state index in [1.807, 2.05) is 0 Å². The van der Waals surface area contributed by atoms with Crippen LogP contribution in [-0.4, -0.2) is 52.2 Å². The molecule has 0 aromatic heterocycles. The van der Waals surface area contributed by atoms with E-state index >= 15 is 0 Å². The topological polar surface area (TPSA) is 86.8 Å². The van der Waals surface area contributed by atoms with Crippen molar-refractivity contribution in [1.29, 1.82) is 0 Å². The summed E-state index contributed by atoms with van der Waals surface area (Å²) >= 11 is 0. The molecule has 7 nitrogen and oxygen atoms in total. The summed E-state index contributed by atoms with van der Waals surface area (Å²) < 4.78 is 0. The average molecular weight is 392 g/mol. The molecule has 2 saturated carbocycles. The number of imide groups is 2. The number of carbonyl (C=O) groups is 4. The van der Waals surface area contributed by atoms with Gasteiger partial charge in [-0.25, -0.2) is 9.69 Å². The van der Waals surface area contributed by atoms with Gasteiger partial charge in [-0.2, -0.15) is 0 Å². The van der Waals surface area contributed by atoms with Gasteiger partial charge in [0, 0.05) is 12.1 Å². The van der Waals surface area contributed by atoms with Crippen LogP contribution in [0.2, 0.25) is 0 Å². The van der Waals surface area contributed by atoms with Gasteiger partial charge in [-0.3, -0.25) is 19.3 Å². The van der Waals surface area contributed by atoms with Crippen LogP contribution in [0.15, 0.2) is 0 Å². The van der Waals surface area contributed by atoms with E-state index in [4.69, 9.17) is 0 Å². The third-order valence-electron chi connectivity index (χ3n) is 7.18. The fourth-order valence-corrected chi connectivity index (χ4v) is 4.87. The molecular weight excluding hydrogens is 358 g/mol. The highest BCUT2D eigenvalue weighted by Gasteiger charge is 2.48.